The monoisotopic (exact) mass is 399 g/mol. The van der Waals surface area contributed by atoms with Crippen molar-refractivity contribution >= 4 is 22.8 Å². The molecule has 3 aromatic rings. The van der Waals surface area contributed by atoms with E-state index < -0.39 is 18.0 Å². The summed E-state index contributed by atoms with van der Waals surface area (Å²) < 4.78 is 28.8. The molecule has 1 saturated heterocycles. The predicted octanol–water partition coefficient (Wildman–Crippen LogP) is 4.33. The lowest BCUT2D eigenvalue weighted by molar-refractivity contribution is 0.0974. The van der Waals surface area contributed by atoms with Crippen LogP contribution in [0.5, 0.6) is 0 Å². The molecule has 6 nitrogen and oxygen atoms in total. The topological polar surface area (TPSA) is 63.1 Å². The normalized spacial score (nSPS) is 14.9. The molecule has 0 unspecified atom stereocenters. The van der Waals surface area contributed by atoms with E-state index in [2.05, 4.69) is 36.2 Å². The quantitative estimate of drug-likeness (QED) is 0.713. The average Bonchev–Trinajstić information content (AvgIpc) is 3.02. The van der Waals surface area contributed by atoms with Crippen molar-refractivity contribution < 1.29 is 13.6 Å². The average molecular weight is 399 g/mol. The van der Waals surface area contributed by atoms with Crippen molar-refractivity contribution in [3.63, 3.8) is 0 Å². The molecule has 8 heteroatoms. The third-order valence-electron chi connectivity index (χ3n) is 4.72. The van der Waals surface area contributed by atoms with Gasteiger partial charge in [0, 0.05) is 23.5 Å². The fourth-order valence-corrected chi connectivity index (χ4v) is 3.35. The van der Waals surface area contributed by atoms with Gasteiger partial charge in [0.1, 0.15) is 17.7 Å². The van der Waals surface area contributed by atoms with Gasteiger partial charge >= 0.3 is 6.03 Å². The number of urea groups is 1. The zero-order chi connectivity index (χ0) is 20.8. The maximum atomic E-state index is 14.5. The predicted molar refractivity (Wildman–Crippen MR) is 107 cm³/mol. The molecule has 0 radical (unpaired) electrons. The van der Waals surface area contributed by atoms with Gasteiger partial charge in [-0.1, -0.05) is 20.8 Å². The second-order valence-electron chi connectivity index (χ2n) is 8.67. The van der Waals surface area contributed by atoms with Crippen molar-refractivity contribution in [2.45, 2.75) is 33.4 Å². The SMILES string of the molecule is CC(C)(C)Cc1cnc2nn(-c3cc(NC(=O)N4CC(F)C4)ccc3F)cc2c1. The molecule has 29 heavy (non-hydrogen) atoms. The number of amides is 2. The number of carbonyl (C=O) groups is 1. The van der Waals surface area contributed by atoms with Gasteiger partial charge in [-0.05, 0) is 41.7 Å². The summed E-state index contributed by atoms with van der Waals surface area (Å²) in [7, 11) is 0. The number of likely N-dealkylation sites (tertiary alicyclic amines) is 1. The fraction of sp³-hybridized carbons (Fsp3) is 0.381. The van der Waals surface area contributed by atoms with Gasteiger partial charge in [-0.15, -0.1) is 5.10 Å². The number of halogens is 2. The number of nitrogens with one attached hydrogen (secondary N) is 1. The van der Waals surface area contributed by atoms with Crippen molar-refractivity contribution in [2.24, 2.45) is 5.41 Å². The minimum absolute atomic E-state index is 0.0764. The number of hydrogen-bond donors (Lipinski definition) is 1. The van der Waals surface area contributed by atoms with Crippen LogP contribution in [-0.4, -0.2) is 45.0 Å². The third kappa shape index (κ3) is 4.21. The number of pyridine rings is 1. The Hall–Kier alpha value is -3.03. The van der Waals surface area contributed by atoms with E-state index >= 15 is 0 Å². The molecule has 1 N–H and O–H groups in total. The smallest absolute Gasteiger partial charge is 0.319 e. The summed E-state index contributed by atoms with van der Waals surface area (Å²) in [6.07, 6.45) is 3.41. The van der Waals surface area contributed by atoms with Gasteiger partial charge < -0.3 is 10.2 Å². The summed E-state index contributed by atoms with van der Waals surface area (Å²) in [5.41, 5.74) is 2.35. The summed E-state index contributed by atoms with van der Waals surface area (Å²) in [6, 6.07) is 5.84. The first-order valence-corrected chi connectivity index (χ1v) is 9.52. The first kappa shape index (κ1) is 19.3. The highest BCUT2D eigenvalue weighted by Gasteiger charge is 2.30. The van der Waals surface area contributed by atoms with Crippen molar-refractivity contribution in [3.8, 4) is 5.69 Å². The second-order valence-corrected chi connectivity index (χ2v) is 8.67. The number of fused-ring (bicyclic) bond motifs is 1. The number of aromatic nitrogens is 3. The minimum Gasteiger partial charge on any atom is -0.319 e. The van der Waals surface area contributed by atoms with Gasteiger partial charge in [0.05, 0.1) is 13.1 Å². The number of anilines is 1. The number of rotatable bonds is 3. The number of hydrogen-bond acceptors (Lipinski definition) is 3. The highest BCUT2D eigenvalue weighted by atomic mass is 19.1. The maximum Gasteiger partial charge on any atom is 0.322 e. The lowest BCUT2D eigenvalue weighted by atomic mass is 9.89. The summed E-state index contributed by atoms with van der Waals surface area (Å²) >= 11 is 0. The van der Waals surface area contributed by atoms with Crippen LogP contribution in [0.15, 0.2) is 36.7 Å². The Morgan fingerprint density at radius 2 is 2.03 bits per heavy atom. The Kier molecular flexibility index (Phi) is 4.72. The zero-order valence-corrected chi connectivity index (χ0v) is 16.6. The number of carbonyl (C=O) groups excluding carboxylic acids is 1. The van der Waals surface area contributed by atoms with Crippen LogP contribution in [0.25, 0.3) is 16.7 Å². The van der Waals surface area contributed by atoms with E-state index in [0.29, 0.717) is 11.3 Å². The Morgan fingerprint density at radius 3 is 2.72 bits per heavy atom. The Labute approximate surface area is 167 Å². The first-order valence-electron chi connectivity index (χ1n) is 9.52. The van der Waals surface area contributed by atoms with Gasteiger partial charge in [-0.25, -0.2) is 23.2 Å². The lowest BCUT2D eigenvalue weighted by Crippen LogP contribution is -2.53. The Balaban J connectivity index is 1.60. The highest BCUT2D eigenvalue weighted by molar-refractivity contribution is 5.90. The molecular formula is C21H23F2N5O. The van der Waals surface area contributed by atoms with Crippen molar-refractivity contribution in [2.75, 3.05) is 18.4 Å². The second kappa shape index (κ2) is 7.09. The number of alkyl halides is 1. The van der Waals surface area contributed by atoms with Crippen LogP contribution in [0.1, 0.15) is 26.3 Å². The molecule has 0 spiro atoms. The van der Waals surface area contributed by atoms with Gasteiger partial charge in [0.25, 0.3) is 0 Å². The summed E-state index contributed by atoms with van der Waals surface area (Å²) in [5, 5.41) is 7.85. The number of nitrogens with zero attached hydrogens (tertiary/aromatic N) is 4. The fourth-order valence-electron chi connectivity index (χ4n) is 3.35. The lowest BCUT2D eigenvalue weighted by Gasteiger charge is -2.34. The van der Waals surface area contributed by atoms with Crippen molar-refractivity contribution in [1.29, 1.82) is 0 Å². The molecule has 1 fully saturated rings. The Bertz CT molecular complexity index is 1070. The van der Waals surface area contributed by atoms with Crippen LogP contribution in [0, 0.1) is 11.2 Å². The molecule has 0 atom stereocenters. The van der Waals surface area contributed by atoms with Crippen LogP contribution >= 0.6 is 0 Å². The van der Waals surface area contributed by atoms with E-state index in [4.69, 9.17) is 0 Å². The van der Waals surface area contributed by atoms with Crippen LogP contribution in [-0.2, 0) is 6.42 Å². The molecule has 1 aromatic carbocycles. The maximum absolute atomic E-state index is 14.5. The summed E-state index contributed by atoms with van der Waals surface area (Å²) in [4.78, 5) is 17.8. The first-order chi connectivity index (χ1) is 13.7. The van der Waals surface area contributed by atoms with Crippen LogP contribution in [0.2, 0.25) is 0 Å². The molecular weight excluding hydrogens is 376 g/mol. The van der Waals surface area contributed by atoms with Crippen LogP contribution in [0.4, 0.5) is 19.3 Å². The van der Waals surface area contributed by atoms with E-state index in [1.54, 1.807) is 12.4 Å². The summed E-state index contributed by atoms with van der Waals surface area (Å²) in [5.74, 6) is -0.474. The van der Waals surface area contributed by atoms with Crippen molar-refractivity contribution in [3.05, 3.63) is 48.0 Å². The highest BCUT2D eigenvalue weighted by Crippen LogP contribution is 2.25. The van der Waals surface area contributed by atoms with E-state index in [0.717, 1.165) is 17.4 Å². The summed E-state index contributed by atoms with van der Waals surface area (Å²) in [6.45, 7) is 6.62. The van der Waals surface area contributed by atoms with E-state index in [9.17, 15) is 13.6 Å². The zero-order valence-electron chi connectivity index (χ0n) is 16.6. The van der Waals surface area contributed by atoms with Crippen LogP contribution < -0.4 is 5.32 Å². The molecule has 0 aliphatic carbocycles. The minimum atomic E-state index is -0.975. The molecule has 3 heterocycles. The van der Waals surface area contributed by atoms with E-state index in [1.165, 1.54) is 27.8 Å². The molecule has 0 bridgehead atoms. The molecule has 1 aliphatic rings. The van der Waals surface area contributed by atoms with Gasteiger partial charge in [0.15, 0.2) is 5.65 Å². The molecule has 152 valence electrons. The molecule has 1 aliphatic heterocycles. The van der Waals surface area contributed by atoms with Crippen LogP contribution in [0.3, 0.4) is 0 Å². The third-order valence-corrected chi connectivity index (χ3v) is 4.72. The number of benzene rings is 1. The Morgan fingerprint density at radius 1 is 1.28 bits per heavy atom. The van der Waals surface area contributed by atoms with Gasteiger partial charge in [0.2, 0.25) is 0 Å². The molecule has 0 saturated carbocycles. The van der Waals surface area contributed by atoms with Gasteiger partial charge in [-0.3, -0.25) is 0 Å². The van der Waals surface area contributed by atoms with E-state index in [-0.39, 0.29) is 24.2 Å². The van der Waals surface area contributed by atoms with Crippen molar-refractivity contribution in [1.82, 2.24) is 19.7 Å². The molecule has 2 amide bonds. The van der Waals surface area contributed by atoms with Gasteiger partial charge in [-0.2, -0.15) is 0 Å². The standard InChI is InChI=1S/C21H23F2N5O/c1-21(2,3)8-13-6-14-10-28(26-19(14)24-9-13)18-7-16(4-5-17(18)23)25-20(29)27-11-15(22)12-27/h4-7,9-10,15H,8,11-12H2,1-3H3,(H,25,29). The largest absolute Gasteiger partial charge is 0.322 e. The van der Waals surface area contributed by atoms with E-state index in [1.807, 2.05) is 6.07 Å². The molecule has 4 rings (SSSR count). The molecule has 2 aromatic heterocycles.